The summed E-state index contributed by atoms with van der Waals surface area (Å²) in [6, 6.07) is 0. The number of aliphatic hydroxyl groups is 2. The van der Waals surface area contributed by atoms with Gasteiger partial charge in [-0.2, -0.15) is 0 Å². The first-order chi connectivity index (χ1) is 17.2. The molecule has 2 aliphatic heterocycles. The van der Waals surface area contributed by atoms with Crippen molar-refractivity contribution in [1.29, 1.82) is 0 Å². The molecular weight excluding hydrogens is 498 g/mol. The van der Waals surface area contributed by atoms with Crippen molar-refractivity contribution in [3.63, 3.8) is 0 Å². The Labute approximate surface area is 219 Å². The van der Waals surface area contributed by atoms with Crippen LogP contribution in [0.3, 0.4) is 0 Å². The summed E-state index contributed by atoms with van der Waals surface area (Å²) in [6.45, 7) is 12.1. The number of nitrogens with zero attached hydrogens (tertiary/aromatic N) is 4. The van der Waals surface area contributed by atoms with Gasteiger partial charge in [-0.15, -0.1) is 11.3 Å². The van der Waals surface area contributed by atoms with Gasteiger partial charge in [-0.25, -0.2) is 9.97 Å². The second-order valence-electron chi connectivity index (χ2n) is 10.4. The molecule has 196 valence electrons. The summed E-state index contributed by atoms with van der Waals surface area (Å²) in [5.41, 5.74) is 3.05. The monoisotopic (exact) mass is 534 g/mol. The van der Waals surface area contributed by atoms with Crippen molar-refractivity contribution < 1.29 is 24.7 Å². The third-order valence-electron chi connectivity index (χ3n) is 6.66. The van der Waals surface area contributed by atoms with Crippen molar-refractivity contribution in [2.24, 2.45) is 0 Å². The Morgan fingerprint density at radius 1 is 1.14 bits per heavy atom. The Morgan fingerprint density at radius 2 is 1.83 bits per heavy atom. The number of hydrogen-bond donors (Lipinski definition) is 2. The third-order valence-corrected chi connectivity index (χ3v) is 8.32. The van der Waals surface area contributed by atoms with Crippen LogP contribution < -0.4 is 14.8 Å². The molecule has 11 heteroatoms. The molecule has 0 aliphatic carbocycles. The molecule has 0 aromatic carbocycles. The maximum atomic E-state index is 10.2. The number of aromatic amines is 1. The normalized spacial score (nSPS) is 19.5. The summed E-state index contributed by atoms with van der Waals surface area (Å²) >= 11 is 3.17. The molecule has 36 heavy (non-hydrogen) atoms. The van der Waals surface area contributed by atoms with Crippen molar-refractivity contribution >= 4 is 55.2 Å². The van der Waals surface area contributed by atoms with E-state index in [0.29, 0.717) is 32.9 Å². The van der Waals surface area contributed by atoms with Crippen LogP contribution in [0.25, 0.3) is 20.4 Å². The minimum atomic E-state index is -0.552. The first kappa shape index (κ1) is 25.9. The lowest BCUT2D eigenvalue weighted by Crippen LogP contribution is -2.40. The van der Waals surface area contributed by atoms with Gasteiger partial charge in [0.05, 0.1) is 56.1 Å². The number of thiophene rings is 1. The minimum Gasteiger partial charge on any atom is -0.390 e. The van der Waals surface area contributed by atoms with Gasteiger partial charge >= 0.3 is 0 Å². The number of thioether (sulfide) groups is 1. The lowest BCUT2D eigenvalue weighted by atomic mass is 9.90. The number of ether oxygens (including phenoxy) is 2. The molecule has 2 aliphatic rings. The molecule has 3 aromatic heterocycles. The van der Waals surface area contributed by atoms with E-state index in [0.717, 1.165) is 62.3 Å². The number of nitrogens with one attached hydrogen (secondary N) is 1. The molecule has 0 amide bonds. The van der Waals surface area contributed by atoms with Gasteiger partial charge in [0, 0.05) is 25.1 Å². The van der Waals surface area contributed by atoms with Crippen molar-refractivity contribution in [2.45, 2.75) is 63.7 Å². The summed E-state index contributed by atoms with van der Waals surface area (Å²) in [4.78, 5) is 19.0. The second-order valence-corrected chi connectivity index (χ2v) is 12.2. The first-order valence-electron chi connectivity index (χ1n) is 12.5. The zero-order valence-electron chi connectivity index (χ0n) is 21.6. The van der Waals surface area contributed by atoms with Crippen LogP contribution in [0, 0.1) is 0 Å². The molecule has 3 aromatic rings. The Bertz CT molecular complexity index is 1250. The quantitative estimate of drug-likeness (QED) is 0.350. The summed E-state index contributed by atoms with van der Waals surface area (Å²) in [5, 5.41) is 22.4. The Kier molecular flexibility index (Phi) is 7.32. The van der Waals surface area contributed by atoms with Crippen molar-refractivity contribution in [2.75, 3.05) is 55.4 Å². The molecule has 2 atom stereocenters. The lowest BCUT2D eigenvalue weighted by Gasteiger charge is -2.36. The number of H-pyrrole nitrogens is 1. The summed E-state index contributed by atoms with van der Waals surface area (Å²) in [6.07, 6.45) is 1.67. The topological polar surface area (TPSA) is 105 Å². The van der Waals surface area contributed by atoms with E-state index in [1.54, 1.807) is 36.9 Å². The zero-order chi connectivity index (χ0) is 25.6. The molecule has 0 spiro atoms. The van der Waals surface area contributed by atoms with Gasteiger partial charge in [0.25, 0.3) is 5.16 Å². The van der Waals surface area contributed by atoms with Gasteiger partial charge in [-0.3, -0.25) is 4.90 Å². The number of hydrogen-bond acceptors (Lipinski definition) is 10. The van der Waals surface area contributed by atoms with Crippen LogP contribution in [0.4, 0.5) is 11.6 Å². The fourth-order valence-electron chi connectivity index (χ4n) is 5.11. The standard InChI is InChI=1S/C25H35N5O4S2/c1-14(31)11-30(12-15(2)32)22-20-19(26-24(28-22)35-5)18-16-10-25(3,4)34-13-17(16)21(27-23(18)36-20)29-6-8-33-9-7-29/h14-15,31-32H,6-13H2,1-5H3/p+1. The van der Waals surface area contributed by atoms with E-state index in [4.69, 9.17) is 19.4 Å². The predicted octanol–water partition coefficient (Wildman–Crippen LogP) is 2.64. The van der Waals surface area contributed by atoms with Crippen LogP contribution in [-0.4, -0.2) is 83.6 Å². The Hall–Kier alpha value is -1.76. The number of pyridine rings is 1. The molecule has 1 saturated heterocycles. The van der Waals surface area contributed by atoms with Gasteiger partial charge < -0.3 is 24.6 Å². The van der Waals surface area contributed by atoms with E-state index in [1.165, 1.54) is 5.56 Å². The van der Waals surface area contributed by atoms with Crippen LogP contribution in [0.2, 0.25) is 0 Å². The number of anilines is 2. The molecule has 3 N–H and O–H groups in total. The van der Waals surface area contributed by atoms with E-state index in [9.17, 15) is 10.2 Å². The molecule has 0 saturated carbocycles. The minimum absolute atomic E-state index is 0.283. The molecule has 1 fully saturated rings. The molecule has 9 nitrogen and oxygen atoms in total. The van der Waals surface area contributed by atoms with Crippen LogP contribution in [0.15, 0.2) is 5.16 Å². The van der Waals surface area contributed by atoms with Crippen molar-refractivity contribution in [3.05, 3.63) is 11.1 Å². The van der Waals surface area contributed by atoms with E-state index >= 15 is 0 Å². The maximum Gasteiger partial charge on any atom is 0.296 e. The van der Waals surface area contributed by atoms with Gasteiger partial charge in [-0.05, 0) is 39.5 Å². The van der Waals surface area contributed by atoms with Gasteiger partial charge in [0.2, 0.25) is 5.82 Å². The third kappa shape index (κ3) is 5.01. The molecule has 0 radical (unpaired) electrons. The number of aromatic nitrogens is 3. The first-order valence-corrected chi connectivity index (χ1v) is 14.5. The SMILES string of the molecule is CSc1nc2c(sc3nc(N4CCOCC4)c4c(c32)CC(C)(C)OC4)c(N(CC(C)O)CC(C)O)[nH+]1. The molecule has 0 bridgehead atoms. The average molecular weight is 535 g/mol. The van der Waals surface area contributed by atoms with Gasteiger partial charge in [0.15, 0.2) is 5.52 Å². The number of rotatable bonds is 7. The zero-order valence-corrected chi connectivity index (χ0v) is 23.3. The number of fused-ring (bicyclic) bond motifs is 5. The molecular formula is C25H36N5O4S2+. The van der Waals surface area contributed by atoms with E-state index in [-0.39, 0.29) is 5.60 Å². The van der Waals surface area contributed by atoms with E-state index in [2.05, 4.69) is 23.7 Å². The fourth-order valence-corrected chi connectivity index (χ4v) is 6.66. The smallest absolute Gasteiger partial charge is 0.296 e. The highest BCUT2D eigenvalue weighted by molar-refractivity contribution is 7.98. The van der Waals surface area contributed by atoms with Gasteiger partial charge in [0.1, 0.15) is 15.3 Å². The van der Waals surface area contributed by atoms with Crippen LogP contribution >= 0.6 is 23.1 Å². The van der Waals surface area contributed by atoms with Crippen LogP contribution in [0.5, 0.6) is 0 Å². The summed E-state index contributed by atoms with van der Waals surface area (Å²) < 4.78 is 12.9. The highest BCUT2D eigenvalue weighted by Gasteiger charge is 2.35. The van der Waals surface area contributed by atoms with Gasteiger partial charge in [-0.1, -0.05) is 16.7 Å². The fraction of sp³-hybridized carbons (Fsp3) is 0.640. The van der Waals surface area contributed by atoms with Crippen molar-refractivity contribution in [3.8, 4) is 0 Å². The Balaban J connectivity index is 1.78. The largest absolute Gasteiger partial charge is 0.390 e. The molecule has 2 unspecified atom stereocenters. The van der Waals surface area contributed by atoms with Crippen molar-refractivity contribution in [1.82, 2.24) is 9.97 Å². The van der Waals surface area contributed by atoms with Crippen LogP contribution in [0.1, 0.15) is 38.8 Å². The second kappa shape index (κ2) is 10.2. The van der Waals surface area contributed by atoms with E-state index < -0.39 is 12.2 Å². The average Bonchev–Trinajstić information content (AvgIpc) is 3.20. The summed E-state index contributed by atoms with van der Waals surface area (Å²) in [7, 11) is 0. The highest BCUT2D eigenvalue weighted by atomic mass is 32.2. The number of morpholine rings is 1. The molecule has 5 rings (SSSR count). The highest BCUT2D eigenvalue weighted by Crippen LogP contribution is 2.44. The van der Waals surface area contributed by atoms with E-state index in [1.807, 2.05) is 11.2 Å². The molecule has 5 heterocycles. The van der Waals surface area contributed by atoms with Crippen LogP contribution in [-0.2, 0) is 22.5 Å². The lowest BCUT2D eigenvalue weighted by molar-refractivity contribution is -0.418. The predicted molar refractivity (Wildman–Crippen MR) is 144 cm³/mol. The maximum absolute atomic E-state index is 10.2. The number of aliphatic hydroxyl groups excluding tert-OH is 2. The Morgan fingerprint density at radius 3 is 2.47 bits per heavy atom. The summed E-state index contributed by atoms with van der Waals surface area (Å²) in [5.74, 6) is 1.85.